The van der Waals surface area contributed by atoms with E-state index in [-0.39, 0.29) is 0 Å². The molecule has 0 atom stereocenters. The monoisotopic (exact) mass is 349 g/mol. The van der Waals surface area contributed by atoms with Crippen molar-refractivity contribution in [3.8, 4) is 33.8 Å². The van der Waals surface area contributed by atoms with Crippen LogP contribution >= 0.6 is 0 Å². The number of aryl methyl sites for hydroxylation is 1. The highest BCUT2D eigenvalue weighted by atomic mass is 16.3. The van der Waals surface area contributed by atoms with Crippen LogP contribution in [0.4, 0.5) is 0 Å². The van der Waals surface area contributed by atoms with Gasteiger partial charge in [-0.05, 0) is 18.6 Å². The first-order valence-corrected chi connectivity index (χ1v) is 9.13. The molecule has 0 fully saturated rings. The predicted molar refractivity (Wildman–Crippen MR) is 112 cm³/mol. The van der Waals surface area contributed by atoms with Crippen molar-refractivity contribution >= 4 is 10.9 Å². The fourth-order valence-electron chi connectivity index (χ4n) is 3.67. The zero-order chi connectivity index (χ0) is 18.2. The van der Waals surface area contributed by atoms with Gasteiger partial charge in [-0.15, -0.1) is 0 Å². The summed E-state index contributed by atoms with van der Waals surface area (Å²) in [6.45, 7) is 2.13. The number of para-hydroxylation sites is 1. The summed E-state index contributed by atoms with van der Waals surface area (Å²) >= 11 is 0. The van der Waals surface area contributed by atoms with Crippen LogP contribution in [0.5, 0.6) is 0 Å². The molecular weight excluding hydrogens is 330 g/mol. The highest BCUT2D eigenvalue weighted by Crippen LogP contribution is 2.41. The maximum atomic E-state index is 6.38. The Morgan fingerprint density at radius 2 is 1.41 bits per heavy atom. The van der Waals surface area contributed by atoms with Gasteiger partial charge < -0.3 is 9.40 Å². The van der Waals surface area contributed by atoms with Crippen molar-refractivity contribution in [3.05, 3.63) is 96.7 Å². The molecule has 27 heavy (non-hydrogen) atoms. The van der Waals surface area contributed by atoms with Gasteiger partial charge in [-0.25, -0.2) is 0 Å². The largest absolute Gasteiger partial charge is 0.455 e. The van der Waals surface area contributed by atoms with E-state index in [4.69, 9.17) is 4.42 Å². The second-order valence-electron chi connectivity index (χ2n) is 6.79. The summed E-state index contributed by atoms with van der Waals surface area (Å²) in [5, 5.41) is 1.22. The van der Waals surface area contributed by atoms with Crippen molar-refractivity contribution < 1.29 is 4.42 Å². The van der Waals surface area contributed by atoms with Crippen LogP contribution in [0.15, 0.2) is 95.5 Å². The third-order valence-corrected chi connectivity index (χ3v) is 5.04. The second-order valence-corrected chi connectivity index (χ2v) is 6.79. The van der Waals surface area contributed by atoms with E-state index in [1.54, 1.807) is 0 Å². The van der Waals surface area contributed by atoms with Gasteiger partial charge in [0.1, 0.15) is 11.5 Å². The number of benzene rings is 3. The Morgan fingerprint density at radius 1 is 0.704 bits per heavy atom. The third kappa shape index (κ3) is 2.67. The number of H-pyrrole nitrogens is 1. The van der Waals surface area contributed by atoms with Crippen LogP contribution in [0.3, 0.4) is 0 Å². The number of rotatable bonds is 3. The fourth-order valence-corrected chi connectivity index (χ4v) is 3.67. The number of aromatic nitrogens is 1. The molecule has 2 aromatic heterocycles. The lowest BCUT2D eigenvalue weighted by Gasteiger charge is -2.02. The van der Waals surface area contributed by atoms with Gasteiger partial charge in [-0.2, -0.15) is 0 Å². The molecule has 0 unspecified atom stereocenters. The zero-order valence-corrected chi connectivity index (χ0v) is 15.1. The van der Waals surface area contributed by atoms with E-state index in [1.165, 1.54) is 22.0 Å². The van der Waals surface area contributed by atoms with Crippen molar-refractivity contribution in [1.29, 1.82) is 0 Å². The minimum atomic E-state index is 0.881. The molecule has 2 heteroatoms. The smallest absolute Gasteiger partial charge is 0.142 e. The number of nitrogens with one attached hydrogen (secondary N) is 1. The number of aromatic amines is 1. The van der Waals surface area contributed by atoms with Gasteiger partial charge in [0.05, 0.1) is 0 Å². The summed E-state index contributed by atoms with van der Waals surface area (Å²) in [5.74, 6) is 1.78. The molecule has 0 aliphatic rings. The standard InChI is InChI=1S/C25H19NO/c1-17-9-8-14-20-22(16-26-24(17)20)21-15-23(18-10-4-2-5-11-18)27-25(21)19-12-6-3-7-13-19/h2-16,26H,1H3. The van der Waals surface area contributed by atoms with Crippen LogP contribution in [-0.2, 0) is 0 Å². The molecule has 5 aromatic rings. The predicted octanol–water partition coefficient (Wildman–Crippen LogP) is 7.07. The number of furan rings is 1. The van der Waals surface area contributed by atoms with E-state index < -0.39 is 0 Å². The molecule has 0 radical (unpaired) electrons. The van der Waals surface area contributed by atoms with E-state index >= 15 is 0 Å². The quantitative estimate of drug-likeness (QED) is 0.371. The van der Waals surface area contributed by atoms with Gasteiger partial charge in [0.2, 0.25) is 0 Å². The molecule has 0 bridgehead atoms. The van der Waals surface area contributed by atoms with Crippen molar-refractivity contribution in [2.45, 2.75) is 6.92 Å². The Balaban J connectivity index is 1.77. The molecular formula is C25H19NO. The van der Waals surface area contributed by atoms with Gasteiger partial charge in [-0.1, -0.05) is 78.9 Å². The Hall–Kier alpha value is -3.52. The first-order valence-electron chi connectivity index (χ1n) is 9.13. The molecule has 0 aliphatic carbocycles. The first kappa shape index (κ1) is 15.7. The van der Waals surface area contributed by atoms with Crippen molar-refractivity contribution in [2.24, 2.45) is 0 Å². The van der Waals surface area contributed by atoms with Gasteiger partial charge in [0.25, 0.3) is 0 Å². The van der Waals surface area contributed by atoms with Gasteiger partial charge in [0.15, 0.2) is 0 Å². The van der Waals surface area contributed by atoms with Crippen LogP contribution in [0.25, 0.3) is 44.7 Å². The first-order chi connectivity index (χ1) is 13.3. The Kier molecular flexibility index (Phi) is 3.68. The third-order valence-electron chi connectivity index (χ3n) is 5.04. The zero-order valence-electron chi connectivity index (χ0n) is 15.1. The average molecular weight is 349 g/mol. The van der Waals surface area contributed by atoms with Crippen molar-refractivity contribution in [3.63, 3.8) is 0 Å². The molecule has 1 N–H and O–H groups in total. The molecule has 5 rings (SSSR count). The number of hydrogen-bond acceptors (Lipinski definition) is 1. The minimum Gasteiger partial charge on any atom is -0.455 e. The highest BCUT2D eigenvalue weighted by Gasteiger charge is 2.18. The van der Waals surface area contributed by atoms with Crippen LogP contribution in [0, 0.1) is 6.92 Å². The molecule has 0 spiro atoms. The lowest BCUT2D eigenvalue weighted by Crippen LogP contribution is -1.79. The topological polar surface area (TPSA) is 28.9 Å². The van der Waals surface area contributed by atoms with E-state index in [0.717, 1.165) is 28.2 Å². The highest BCUT2D eigenvalue weighted by molar-refractivity contribution is 6.00. The summed E-state index contributed by atoms with van der Waals surface area (Å²) in [6.07, 6.45) is 2.09. The van der Waals surface area contributed by atoms with Gasteiger partial charge in [0, 0.05) is 39.4 Å². The molecule has 0 amide bonds. The second kappa shape index (κ2) is 6.33. The van der Waals surface area contributed by atoms with Crippen molar-refractivity contribution in [2.75, 3.05) is 0 Å². The van der Waals surface area contributed by atoms with E-state index in [2.05, 4.69) is 66.6 Å². The Morgan fingerprint density at radius 3 is 2.15 bits per heavy atom. The van der Waals surface area contributed by atoms with E-state index in [9.17, 15) is 0 Å². The summed E-state index contributed by atoms with van der Waals surface area (Å²) in [5.41, 5.74) is 6.85. The Bertz CT molecular complexity index is 1210. The average Bonchev–Trinajstić information content (AvgIpc) is 3.34. The molecule has 0 saturated carbocycles. The molecule has 2 heterocycles. The lowest BCUT2D eigenvalue weighted by molar-refractivity contribution is 0.598. The van der Waals surface area contributed by atoms with E-state index in [1.807, 2.05) is 36.4 Å². The van der Waals surface area contributed by atoms with Gasteiger partial charge >= 0.3 is 0 Å². The maximum absolute atomic E-state index is 6.38. The molecule has 3 aromatic carbocycles. The molecule has 0 saturated heterocycles. The SMILES string of the molecule is Cc1cccc2c(-c3cc(-c4ccccc4)oc3-c3ccccc3)c[nH]c12. The van der Waals surface area contributed by atoms with Crippen LogP contribution in [0.1, 0.15) is 5.56 Å². The summed E-state index contributed by atoms with van der Waals surface area (Å²) in [7, 11) is 0. The maximum Gasteiger partial charge on any atom is 0.142 e. The molecule has 0 aliphatic heterocycles. The van der Waals surface area contributed by atoms with Crippen LogP contribution < -0.4 is 0 Å². The fraction of sp³-hybridized carbons (Fsp3) is 0.0400. The van der Waals surface area contributed by atoms with Crippen molar-refractivity contribution in [1.82, 2.24) is 4.98 Å². The number of hydrogen-bond donors (Lipinski definition) is 1. The minimum absolute atomic E-state index is 0.881. The summed E-state index contributed by atoms with van der Waals surface area (Å²) in [6, 6.07) is 29.1. The van der Waals surface area contributed by atoms with Crippen LogP contribution in [-0.4, -0.2) is 4.98 Å². The van der Waals surface area contributed by atoms with Gasteiger partial charge in [-0.3, -0.25) is 0 Å². The Labute approximate surface area is 158 Å². The van der Waals surface area contributed by atoms with E-state index in [0.29, 0.717) is 0 Å². The summed E-state index contributed by atoms with van der Waals surface area (Å²) < 4.78 is 6.38. The van der Waals surface area contributed by atoms with Crippen LogP contribution in [0.2, 0.25) is 0 Å². The lowest BCUT2D eigenvalue weighted by atomic mass is 10.00. The number of fused-ring (bicyclic) bond motifs is 1. The molecule has 130 valence electrons. The summed E-state index contributed by atoms with van der Waals surface area (Å²) in [4.78, 5) is 3.44. The normalized spacial score (nSPS) is 11.1. The molecule has 2 nitrogen and oxygen atoms in total.